The van der Waals surface area contributed by atoms with Crippen LogP contribution in [0.5, 0.6) is 5.75 Å². The molecule has 112 valence electrons. The molecule has 0 radical (unpaired) electrons. The van der Waals surface area contributed by atoms with Crippen molar-refractivity contribution in [2.24, 2.45) is 0 Å². The molecule has 2 N–H and O–H groups in total. The summed E-state index contributed by atoms with van der Waals surface area (Å²) in [6.07, 6.45) is 5.00. The predicted molar refractivity (Wildman–Crippen MR) is 79.4 cm³/mol. The van der Waals surface area contributed by atoms with Crippen molar-refractivity contribution in [2.45, 2.75) is 45.3 Å². The first-order chi connectivity index (χ1) is 9.78. The summed E-state index contributed by atoms with van der Waals surface area (Å²) in [6.45, 7) is 5.78. The van der Waals surface area contributed by atoms with Gasteiger partial charge in [-0.05, 0) is 26.2 Å². The fraction of sp³-hybridized carbons (Fsp3) is 0.714. The molecule has 0 amide bonds. The number of anilines is 2. The molecule has 0 aromatic carbocycles. The highest BCUT2D eigenvalue weighted by Crippen LogP contribution is 2.33. The van der Waals surface area contributed by atoms with Gasteiger partial charge in [-0.15, -0.1) is 0 Å². The van der Waals surface area contributed by atoms with Crippen molar-refractivity contribution in [1.82, 2.24) is 9.97 Å². The van der Waals surface area contributed by atoms with Gasteiger partial charge in [0.15, 0.2) is 11.6 Å². The Morgan fingerprint density at radius 3 is 2.65 bits per heavy atom. The maximum absolute atomic E-state index is 5.56. The van der Waals surface area contributed by atoms with E-state index in [1.165, 1.54) is 0 Å². The molecule has 0 bridgehead atoms. The molecule has 2 rings (SSSR count). The molecular weight excluding hydrogens is 256 g/mol. The van der Waals surface area contributed by atoms with Gasteiger partial charge in [0.05, 0.1) is 13.2 Å². The zero-order valence-corrected chi connectivity index (χ0v) is 12.5. The molecule has 1 saturated carbocycles. The molecule has 0 aliphatic heterocycles. The molecule has 1 aliphatic rings. The molecule has 0 saturated heterocycles. The number of rotatable bonds is 8. The van der Waals surface area contributed by atoms with Crippen molar-refractivity contribution in [3.63, 3.8) is 0 Å². The Bertz CT molecular complexity index is 422. The van der Waals surface area contributed by atoms with Gasteiger partial charge >= 0.3 is 0 Å². The van der Waals surface area contributed by atoms with Gasteiger partial charge in [-0.1, -0.05) is 6.92 Å². The van der Waals surface area contributed by atoms with Gasteiger partial charge in [-0.3, -0.25) is 0 Å². The Morgan fingerprint density at radius 2 is 2.00 bits per heavy atom. The zero-order chi connectivity index (χ0) is 14.4. The van der Waals surface area contributed by atoms with E-state index in [4.69, 9.17) is 9.47 Å². The lowest BCUT2D eigenvalue weighted by molar-refractivity contribution is 0.00288. The summed E-state index contributed by atoms with van der Waals surface area (Å²) < 4.78 is 11.0. The second-order valence-corrected chi connectivity index (χ2v) is 4.92. The number of aromatic nitrogens is 2. The van der Waals surface area contributed by atoms with Crippen molar-refractivity contribution < 1.29 is 9.47 Å². The third-order valence-corrected chi connectivity index (χ3v) is 3.39. The third kappa shape index (κ3) is 3.50. The van der Waals surface area contributed by atoms with E-state index >= 15 is 0 Å². The van der Waals surface area contributed by atoms with Crippen molar-refractivity contribution in [1.29, 1.82) is 0 Å². The van der Waals surface area contributed by atoms with Gasteiger partial charge in [0.25, 0.3) is 0 Å². The van der Waals surface area contributed by atoms with Crippen molar-refractivity contribution in [3.05, 3.63) is 6.33 Å². The largest absolute Gasteiger partial charge is 0.490 e. The highest BCUT2D eigenvalue weighted by molar-refractivity contribution is 5.63. The first-order valence-corrected chi connectivity index (χ1v) is 7.29. The summed E-state index contributed by atoms with van der Waals surface area (Å²) in [5, 5.41) is 6.66. The normalized spacial score (nSPS) is 21.1. The van der Waals surface area contributed by atoms with Gasteiger partial charge in [0.1, 0.15) is 6.33 Å². The summed E-state index contributed by atoms with van der Waals surface area (Å²) in [6, 6.07) is 0.398. The van der Waals surface area contributed by atoms with E-state index < -0.39 is 0 Å². The van der Waals surface area contributed by atoms with E-state index in [2.05, 4.69) is 27.5 Å². The Morgan fingerprint density at radius 1 is 1.25 bits per heavy atom. The number of hydrogen-bond donors (Lipinski definition) is 2. The van der Waals surface area contributed by atoms with Crippen LogP contribution >= 0.6 is 0 Å². The lowest BCUT2D eigenvalue weighted by Crippen LogP contribution is -2.41. The number of nitrogens with zero attached hydrogens (tertiary/aromatic N) is 2. The van der Waals surface area contributed by atoms with Crippen LogP contribution in [0.25, 0.3) is 0 Å². The molecule has 1 aromatic rings. The smallest absolute Gasteiger partial charge is 0.204 e. The molecule has 1 aliphatic carbocycles. The van der Waals surface area contributed by atoms with E-state index in [9.17, 15) is 0 Å². The van der Waals surface area contributed by atoms with Crippen LogP contribution in [-0.2, 0) is 4.74 Å². The summed E-state index contributed by atoms with van der Waals surface area (Å²) in [7, 11) is 1.64. The summed E-state index contributed by atoms with van der Waals surface area (Å²) >= 11 is 0. The number of nitrogens with one attached hydrogen (secondary N) is 2. The number of hydrogen-bond acceptors (Lipinski definition) is 6. The molecule has 6 nitrogen and oxygen atoms in total. The van der Waals surface area contributed by atoms with Gasteiger partial charge in [-0.2, -0.15) is 0 Å². The molecule has 1 fully saturated rings. The molecule has 1 heterocycles. The molecule has 6 heteroatoms. The monoisotopic (exact) mass is 280 g/mol. The van der Waals surface area contributed by atoms with Gasteiger partial charge < -0.3 is 20.1 Å². The first kappa shape index (κ1) is 14.8. The van der Waals surface area contributed by atoms with Crippen molar-refractivity contribution >= 4 is 11.6 Å². The lowest BCUT2D eigenvalue weighted by Gasteiger charge is -2.35. The predicted octanol–water partition coefficient (Wildman–Crippen LogP) is 2.29. The third-order valence-electron chi connectivity index (χ3n) is 3.39. The van der Waals surface area contributed by atoms with Gasteiger partial charge in [-0.25, -0.2) is 9.97 Å². The summed E-state index contributed by atoms with van der Waals surface area (Å²) in [4.78, 5) is 8.51. The Balaban J connectivity index is 1.97. The minimum Gasteiger partial charge on any atom is -0.490 e. The van der Waals surface area contributed by atoms with Gasteiger partial charge in [0, 0.05) is 19.2 Å². The zero-order valence-electron chi connectivity index (χ0n) is 12.5. The van der Waals surface area contributed by atoms with Gasteiger partial charge in [0.2, 0.25) is 5.75 Å². The second kappa shape index (κ2) is 7.28. The van der Waals surface area contributed by atoms with E-state index in [0.717, 1.165) is 44.0 Å². The molecular formula is C14H24N4O2. The highest BCUT2D eigenvalue weighted by atomic mass is 16.5. The van der Waals surface area contributed by atoms with Crippen LogP contribution in [0.3, 0.4) is 0 Å². The average Bonchev–Trinajstić information content (AvgIpc) is 2.43. The molecule has 0 unspecified atom stereocenters. The molecule has 0 atom stereocenters. The standard InChI is InChI=1S/C14H24N4O2/c1-4-6-15-13-12(19-3)14(17-9-16-13)18-10-7-11(8-10)20-5-2/h9-11H,4-8H2,1-3H3,(H2,15,16,17,18). The molecule has 20 heavy (non-hydrogen) atoms. The number of ether oxygens (including phenoxy) is 2. The lowest BCUT2D eigenvalue weighted by atomic mass is 9.89. The summed E-state index contributed by atoms with van der Waals surface area (Å²) in [5.41, 5.74) is 0. The molecule has 0 spiro atoms. The number of methoxy groups -OCH3 is 1. The van der Waals surface area contributed by atoms with Crippen LogP contribution in [0.2, 0.25) is 0 Å². The van der Waals surface area contributed by atoms with Crippen molar-refractivity contribution in [3.8, 4) is 5.75 Å². The Kier molecular flexibility index (Phi) is 5.40. The maximum atomic E-state index is 5.56. The highest BCUT2D eigenvalue weighted by Gasteiger charge is 2.30. The minimum absolute atomic E-state index is 0.378. The van der Waals surface area contributed by atoms with Crippen LogP contribution in [0.1, 0.15) is 33.1 Å². The van der Waals surface area contributed by atoms with Crippen LogP contribution in [-0.4, -0.2) is 42.4 Å². The topological polar surface area (TPSA) is 68.3 Å². The van der Waals surface area contributed by atoms with Crippen LogP contribution in [0.15, 0.2) is 6.33 Å². The summed E-state index contributed by atoms with van der Waals surface area (Å²) in [5.74, 6) is 2.18. The maximum Gasteiger partial charge on any atom is 0.204 e. The fourth-order valence-electron chi connectivity index (χ4n) is 2.29. The van der Waals surface area contributed by atoms with Crippen LogP contribution in [0.4, 0.5) is 11.6 Å². The van der Waals surface area contributed by atoms with Crippen LogP contribution in [0, 0.1) is 0 Å². The van der Waals surface area contributed by atoms with E-state index in [-0.39, 0.29) is 0 Å². The minimum atomic E-state index is 0.378. The molecule has 1 aromatic heterocycles. The SMILES string of the molecule is CCCNc1ncnc(NC2CC(OCC)C2)c1OC. The average molecular weight is 280 g/mol. The Hall–Kier alpha value is -1.56. The van der Waals surface area contributed by atoms with Crippen LogP contribution < -0.4 is 15.4 Å². The van der Waals surface area contributed by atoms with E-state index in [1.54, 1.807) is 13.4 Å². The first-order valence-electron chi connectivity index (χ1n) is 7.29. The van der Waals surface area contributed by atoms with E-state index in [0.29, 0.717) is 17.9 Å². The quantitative estimate of drug-likeness (QED) is 0.761. The Labute approximate surface area is 120 Å². The van der Waals surface area contributed by atoms with E-state index in [1.807, 2.05) is 6.92 Å². The second-order valence-electron chi connectivity index (χ2n) is 4.92. The van der Waals surface area contributed by atoms with Crippen molar-refractivity contribution in [2.75, 3.05) is 30.9 Å². The fourth-order valence-corrected chi connectivity index (χ4v) is 2.29.